The van der Waals surface area contributed by atoms with Crippen LogP contribution in [0.15, 0.2) is 122 Å². The Bertz CT molecular complexity index is 1610. The number of rotatable bonds is 7. The highest BCUT2D eigenvalue weighted by atomic mass is 14.9. The lowest BCUT2D eigenvalue weighted by molar-refractivity contribution is -0.697. The maximum Gasteiger partial charge on any atom is 0.174 e. The van der Waals surface area contributed by atoms with Crippen molar-refractivity contribution in [1.29, 1.82) is 0 Å². The lowest BCUT2D eigenvalue weighted by atomic mass is 9.92. The van der Waals surface area contributed by atoms with Gasteiger partial charge in [-0.2, -0.15) is 0 Å². The Balaban J connectivity index is 1.34. The van der Waals surface area contributed by atoms with Crippen LogP contribution in [0.2, 0.25) is 0 Å². The third-order valence-corrected chi connectivity index (χ3v) is 7.11. The number of pyridine rings is 3. The van der Waals surface area contributed by atoms with E-state index in [0.29, 0.717) is 0 Å². The molecule has 6 rings (SSSR count). The molecule has 3 heterocycles. The second kappa shape index (κ2) is 10.3. The number of fused-ring (bicyclic) bond motifs is 2. The molecule has 3 aromatic carbocycles. The zero-order valence-corrected chi connectivity index (χ0v) is 21.2. The van der Waals surface area contributed by atoms with E-state index in [9.17, 15) is 0 Å². The maximum absolute atomic E-state index is 4.93. The van der Waals surface area contributed by atoms with Crippen LogP contribution in [0.3, 0.4) is 0 Å². The number of para-hydroxylation sites is 2. The second-order valence-corrected chi connectivity index (χ2v) is 9.62. The van der Waals surface area contributed by atoms with Gasteiger partial charge in [-0.05, 0) is 28.8 Å². The molecule has 0 radical (unpaired) electrons. The van der Waals surface area contributed by atoms with Crippen LogP contribution < -0.4 is 9.13 Å². The van der Waals surface area contributed by atoms with E-state index in [0.717, 1.165) is 24.1 Å². The summed E-state index contributed by atoms with van der Waals surface area (Å²) in [6, 6.07) is 34.5. The molecular formula is C34H31N3+2. The smallest absolute Gasteiger partial charge is 0.174 e. The quantitative estimate of drug-likeness (QED) is 0.175. The lowest BCUT2D eigenvalue weighted by Gasteiger charge is -2.14. The third-order valence-electron chi connectivity index (χ3n) is 7.11. The molecule has 3 nitrogen and oxygen atoms in total. The Morgan fingerprint density at radius 3 is 1.76 bits per heavy atom. The van der Waals surface area contributed by atoms with Crippen molar-refractivity contribution in [2.45, 2.75) is 32.9 Å². The van der Waals surface area contributed by atoms with Crippen LogP contribution in [0.4, 0.5) is 0 Å². The van der Waals surface area contributed by atoms with Crippen molar-refractivity contribution >= 4 is 21.8 Å². The van der Waals surface area contributed by atoms with E-state index in [4.69, 9.17) is 4.98 Å². The highest BCUT2D eigenvalue weighted by Gasteiger charge is 2.16. The van der Waals surface area contributed by atoms with Gasteiger partial charge in [0, 0.05) is 52.6 Å². The molecule has 0 saturated heterocycles. The average Bonchev–Trinajstić information content (AvgIpc) is 2.96. The van der Waals surface area contributed by atoms with Crippen molar-refractivity contribution in [3.05, 3.63) is 127 Å². The topological polar surface area (TPSA) is 20.6 Å². The number of hydrogen-bond donors (Lipinski definition) is 0. The van der Waals surface area contributed by atoms with Crippen LogP contribution in [0.5, 0.6) is 0 Å². The SMILES string of the molecule is CCCC[n+]1ccc(-c2cc[n+](Cc3ccccc3-c3c4ccccc4nc4ccccc34)cc2)cc1. The predicted octanol–water partition coefficient (Wildman–Crippen LogP) is 7.15. The summed E-state index contributed by atoms with van der Waals surface area (Å²) in [5.74, 6) is 0. The summed E-state index contributed by atoms with van der Waals surface area (Å²) in [6.07, 6.45) is 11.2. The van der Waals surface area contributed by atoms with Crippen LogP contribution in [0.25, 0.3) is 44.1 Å². The van der Waals surface area contributed by atoms with E-state index in [1.165, 1.54) is 51.4 Å². The largest absolute Gasteiger partial charge is 0.248 e. The van der Waals surface area contributed by atoms with Crippen molar-refractivity contribution in [2.24, 2.45) is 0 Å². The summed E-state index contributed by atoms with van der Waals surface area (Å²) in [7, 11) is 0. The minimum Gasteiger partial charge on any atom is -0.248 e. The fourth-order valence-corrected chi connectivity index (χ4v) is 5.12. The molecule has 3 heteroatoms. The fraction of sp³-hybridized carbons (Fsp3) is 0.147. The number of nitrogens with zero attached hydrogens (tertiary/aromatic N) is 3. The number of unbranched alkanes of at least 4 members (excludes halogenated alkanes) is 1. The van der Waals surface area contributed by atoms with Gasteiger partial charge in [-0.1, -0.05) is 74.0 Å². The van der Waals surface area contributed by atoms with Crippen molar-refractivity contribution < 1.29 is 9.13 Å². The molecule has 3 aromatic heterocycles. The standard InChI is InChI=1S/C34H31N3/c1-2-3-20-36-21-16-26(17-22-36)27-18-23-37(24-19-27)25-28-10-4-5-11-29(28)34-30-12-6-8-14-32(30)35-33-15-9-7-13-31(33)34/h4-19,21-24H,2-3,20,25H2,1H3/q+2. The Kier molecular flexibility index (Phi) is 6.43. The normalized spacial score (nSPS) is 11.3. The Labute approximate surface area is 218 Å². The van der Waals surface area contributed by atoms with Gasteiger partial charge in [-0.15, -0.1) is 0 Å². The van der Waals surface area contributed by atoms with E-state index in [1.807, 2.05) is 0 Å². The molecule has 6 aromatic rings. The monoisotopic (exact) mass is 481 g/mol. The molecule has 0 aliphatic carbocycles. The summed E-state index contributed by atoms with van der Waals surface area (Å²) >= 11 is 0. The zero-order valence-electron chi connectivity index (χ0n) is 21.2. The van der Waals surface area contributed by atoms with Crippen molar-refractivity contribution in [3.63, 3.8) is 0 Å². The Morgan fingerprint density at radius 1 is 0.595 bits per heavy atom. The number of hydrogen-bond acceptors (Lipinski definition) is 1. The van der Waals surface area contributed by atoms with Gasteiger partial charge in [0.15, 0.2) is 31.3 Å². The van der Waals surface area contributed by atoms with Gasteiger partial charge >= 0.3 is 0 Å². The van der Waals surface area contributed by atoms with Crippen molar-refractivity contribution in [3.8, 4) is 22.3 Å². The van der Waals surface area contributed by atoms with Crippen LogP contribution in [0, 0.1) is 0 Å². The molecule has 0 aliphatic rings. The highest BCUT2D eigenvalue weighted by Crippen LogP contribution is 2.36. The van der Waals surface area contributed by atoms with E-state index < -0.39 is 0 Å². The predicted molar refractivity (Wildman–Crippen MR) is 151 cm³/mol. The van der Waals surface area contributed by atoms with Gasteiger partial charge in [0.25, 0.3) is 0 Å². The third kappa shape index (κ3) is 4.73. The molecule has 0 saturated carbocycles. The van der Waals surface area contributed by atoms with Gasteiger partial charge in [-0.3, -0.25) is 0 Å². The molecule has 0 N–H and O–H groups in total. The number of aryl methyl sites for hydroxylation is 1. The summed E-state index contributed by atoms with van der Waals surface area (Å²) in [5, 5.41) is 2.38. The average molecular weight is 482 g/mol. The van der Waals surface area contributed by atoms with Crippen LogP contribution in [-0.2, 0) is 13.1 Å². The minimum absolute atomic E-state index is 0.799. The van der Waals surface area contributed by atoms with Crippen LogP contribution in [-0.4, -0.2) is 4.98 Å². The summed E-state index contributed by atoms with van der Waals surface area (Å²) in [4.78, 5) is 4.93. The molecule has 180 valence electrons. The lowest BCUT2D eigenvalue weighted by Crippen LogP contribution is -2.33. The van der Waals surface area contributed by atoms with E-state index in [-0.39, 0.29) is 0 Å². The van der Waals surface area contributed by atoms with Crippen LogP contribution >= 0.6 is 0 Å². The van der Waals surface area contributed by atoms with Gasteiger partial charge in [0.2, 0.25) is 0 Å². The Hall–Kier alpha value is -4.37. The van der Waals surface area contributed by atoms with Gasteiger partial charge < -0.3 is 0 Å². The number of aromatic nitrogens is 3. The first-order chi connectivity index (χ1) is 18.3. The summed E-state index contributed by atoms with van der Waals surface area (Å²) in [6.45, 7) is 4.11. The first-order valence-corrected chi connectivity index (χ1v) is 13.1. The van der Waals surface area contributed by atoms with Crippen molar-refractivity contribution in [1.82, 2.24) is 4.98 Å². The molecular weight excluding hydrogens is 450 g/mol. The van der Waals surface area contributed by atoms with E-state index in [2.05, 4.69) is 138 Å². The Morgan fingerprint density at radius 2 is 1.14 bits per heavy atom. The molecule has 0 aliphatic heterocycles. The highest BCUT2D eigenvalue weighted by molar-refractivity contribution is 6.09. The molecule has 0 atom stereocenters. The maximum atomic E-state index is 4.93. The van der Waals surface area contributed by atoms with E-state index >= 15 is 0 Å². The first kappa shape index (κ1) is 23.1. The molecule has 0 bridgehead atoms. The number of benzene rings is 3. The second-order valence-electron chi connectivity index (χ2n) is 9.62. The minimum atomic E-state index is 0.799. The van der Waals surface area contributed by atoms with E-state index in [1.54, 1.807) is 0 Å². The van der Waals surface area contributed by atoms with Crippen LogP contribution in [0.1, 0.15) is 25.3 Å². The van der Waals surface area contributed by atoms with Crippen molar-refractivity contribution in [2.75, 3.05) is 0 Å². The zero-order chi connectivity index (χ0) is 25.0. The van der Waals surface area contributed by atoms with Gasteiger partial charge in [0.1, 0.15) is 6.54 Å². The summed E-state index contributed by atoms with van der Waals surface area (Å²) in [5.41, 5.74) is 8.35. The molecule has 0 amide bonds. The summed E-state index contributed by atoms with van der Waals surface area (Å²) < 4.78 is 4.53. The molecule has 0 fully saturated rings. The molecule has 37 heavy (non-hydrogen) atoms. The van der Waals surface area contributed by atoms with Gasteiger partial charge in [0.05, 0.1) is 11.0 Å². The first-order valence-electron chi connectivity index (χ1n) is 13.1. The molecule has 0 spiro atoms. The van der Waals surface area contributed by atoms with Gasteiger partial charge in [-0.25, -0.2) is 14.1 Å². The fourth-order valence-electron chi connectivity index (χ4n) is 5.12. The molecule has 0 unspecified atom stereocenters.